The Morgan fingerprint density at radius 1 is 1.27 bits per heavy atom. The summed E-state index contributed by atoms with van der Waals surface area (Å²) in [6.07, 6.45) is 0.857. The molecule has 0 saturated heterocycles. The van der Waals surface area contributed by atoms with Crippen molar-refractivity contribution >= 4 is 23.2 Å². The van der Waals surface area contributed by atoms with E-state index in [-0.39, 0.29) is 5.91 Å². The van der Waals surface area contributed by atoms with Crippen molar-refractivity contribution in [1.29, 1.82) is 0 Å². The number of benzene rings is 1. The van der Waals surface area contributed by atoms with Crippen LogP contribution in [0.25, 0.3) is 0 Å². The molecule has 0 heterocycles. The fourth-order valence-electron chi connectivity index (χ4n) is 1.63. The van der Waals surface area contributed by atoms with Gasteiger partial charge in [-0.3, -0.25) is 4.79 Å². The number of anilines is 1. The average molecular weight is 330 g/mol. The van der Waals surface area contributed by atoms with Gasteiger partial charge in [-0.25, -0.2) is 0 Å². The van der Waals surface area contributed by atoms with Gasteiger partial charge in [0.25, 0.3) is 5.91 Å². The number of ether oxygens (including phenoxy) is 3. The van der Waals surface area contributed by atoms with E-state index in [0.717, 1.165) is 6.42 Å². The molecule has 0 aliphatic carbocycles. The van der Waals surface area contributed by atoms with E-state index in [2.05, 4.69) is 5.32 Å². The number of halogens is 1. The summed E-state index contributed by atoms with van der Waals surface area (Å²) in [5.74, 6) is 0.336. The van der Waals surface area contributed by atoms with Crippen LogP contribution in [0, 0.1) is 0 Å². The Labute approximate surface area is 136 Å². The van der Waals surface area contributed by atoms with Crippen molar-refractivity contribution < 1.29 is 19.0 Å². The van der Waals surface area contributed by atoms with Gasteiger partial charge < -0.3 is 19.5 Å². The maximum absolute atomic E-state index is 12.2. The van der Waals surface area contributed by atoms with Crippen LogP contribution in [-0.4, -0.2) is 38.4 Å². The zero-order chi connectivity index (χ0) is 16.6. The predicted molar refractivity (Wildman–Crippen MR) is 87.8 cm³/mol. The van der Waals surface area contributed by atoms with E-state index in [0.29, 0.717) is 36.3 Å². The van der Waals surface area contributed by atoms with Gasteiger partial charge in [0.1, 0.15) is 18.0 Å². The maximum atomic E-state index is 12.2. The van der Waals surface area contributed by atoms with E-state index in [1.165, 1.54) is 0 Å². The lowest BCUT2D eigenvalue weighted by molar-refractivity contribution is -0.137. The second-order valence-electron chi connectivity index (χ2n) is 5.30. The third-order valence-electron chi connectivity index (χ3n) is 2.95. The minimum Gasteiger partial charge on any atom is -0.490 e. The molecule has 1 rings (SSSR count). The molecule has 22 heavy (non-hydrogen) atoms. The van der Waals surface area contributed by atoms with Crippen LogP contribution in [-0.2, 0) is 14.3 Å². The molecule has 124 valence electrons. The summed E-state index contributed by atoms with van der Waals surface area (Å²) in [4.78, 5) is 12.2. The van der Waals surface area contributed by atoms with Crippen molar-refractivity contribution in [2.24, 2.45) is 0 Å². The molecule has 1 N–H and O–H groups in total. The highest BCUT2D eigenvalue weighted by atomic mass is 35.5. The minimum absolute atomic E-state index is 0.218. The molecular weight excluding hydrogens is 306 g/mol. The van der Waals surface area contributed by atoms with Crippen molar-refractivity contribution in [2.45, 2.75) is 32.8 Å². The molecule has 0 atom stereocenters. The highest BCUT2D eigenvalue weighted by Gasteiger charge is 2.28. The molecule has 1 aromatic carbocycles. The molecule has 0 radical (unpaired) electrons. The Bertz CT molecular complexity index is 491. The van der Waals surface area contributed by atoms with E-state index in [4.69, 9.17) is 25.8 Å². The average Bonchev–Trinajstić information content (AvgIpc) is 2.47. The lowest BCUT2D eigenvalue weighted by Crippen LogP contribution is -2.40. The van der Waals surface area contributed by atoms with Gasteiger partial charge in [0.15, 0.2) is 0 Å². The van der Waals surface area contributed by atoms with Crippen molar-refractivity contribution in [1.82, 2.24) is 0 Å². The molecule has 0 spiro atoms. The second-order valence-corrected chi connectivity index (χ2v) is 5.71. The number of nitrogens with one attached hydrogen (secondary N) is 1. The lowest BCUT2D eigenvalue weighted by atomic mass is 10.1. The summed E-state index contributed by atoms with van der Waals surface area (Å²) in [5.41, 5.74) is -0.293. The van der Waals surface area contributed by atoms with E-state index < -0.39 is 5.60 Å². The number of carbonyl (C=O) groups excluding carboxylic acids is 1. The van der Waals surface area contributed by atoms with Crippen LogP contribution in [0.5, 0.6) is 5.75 Å². The first-order chi connectivity index (χ1) is 10.4. The summed E-state index contributed by atoms with van der Waals surface area (Å²) in [6, 6.07) is 5.10. The van der Waals surface area contributed by atoms with Gasteiger partial charge in [0.05, 0.1) is 11.6 Å². The van der Waals surface area contributed by atoms with Crippen LogP contribution in [0.2, 0.25) is 5.02 Å². The molecule has 0 unspecified atom stereocenters. The number of hydrogen-bond acceptors (Lipinski definition) is 4. The smallest absolute Gasteiger partial charge is 0.256 e. The summed E-state index contributed by atoms with van der Waals surface area (Å²) < 4.78 is 15.9. The van der Waals surface area contributed by atoms with E-state index in [1.54, 1.807) is 39.2 Å². The summed E-state index contributed by atoms with van der Waals surface area (Å²) in [6.45, 7) is 6.91. The predicted octanol–water partition coefficient (Wildman–Crippen LogP) is 3.51. The summed E-state index contributed by atoms with van der Waals surface area (Å²) in [5, 5.41) is 3.23. The van der Waals surface area contributed by atoms with Crippen molar-refractivity contribution in [2.75, 3.05) is 32.2 Å². The van der Waals surface area contributed by atoms with Crippen LogP contribution < -0.4 is 10.1 Å². The zero-order valence-electron chi connectivity index (χ0n) is 13.6. The second kappa shape index (κ2) is 8.98. The monoisotopic (exact) mass is 329 g/mol. The molecule has 0 aromatic heterocycles. The number of carbonyl (C=O) groups is 1. The molecule has 1 amide bonds. The lowest BCUT2D eigenvalue weighted by Gasteiger charge is -2.24. The Morgan fingerprint density at radius 2 is 2.00 bits per heavy atom. The zero-order valence-corrected chi connectivity index (χ0v) is 14.3. The Kier molecular flexibility index (Phi) is 7.65. The van der Waals surface area contributed by atoms with Gasteiger partial charge in [-0.1, -0.05) is 18.5 Å². The summed E-state index contributed by atoms with van der Waals surface area (Å²) in [7, 11) is 1.60. The number of amides is 1. The topological polar surface area (TPSA) is 56.8 Å². The molecule has 1 aromatic rings. The van der Waals surface area contributed by atoms with Crippen LogP contribution in [0.4, 0.5) is 5.69 Å². The molecule has 0 aliphatic heterocycles. The fourth-order valence-corrected chi connectivity index (χ4v) is 1.87. The minimum atomic E-state index is -0.893. The fraction of sp³-hybridized carbons (Fsp3) is 0.562. The van der Waals surface area contributed by atoms with Gasteiger partial charge in [0, 0.05) is 19.4 Å². The van der Waals surface area contributed by atoms with Crippen LogP contribution >= 0.6 is 11.6 Å². The first kappa shape index (κ1) is 18.7. The van der Waals surface area contributed by atoms with Gasteiger partial charge >= 0.3 is 0 Å². The van der Waals surface area contributed by atoms with Crippen molar-refractivity contribution in [3.05, 3.63) is 23.2 Å². The molecular formula is C16H24ClNO4. The standard InChI is InChI=1S/C16H24ClNO4/c1-5-8-22-16(2,3)15(19)18-12-6-7-14(13(17)11-12)21-10-9-20-4/h6-7,11H,5,8-10H2,1-4H3,(H,18,19). The molecule has 5 nitrogen and oxygen atoms in total. The van der Waals surface area contributed by atoms with Gasteiger partial charge in [-0.15, -0.1) is 0 Å². The molecule has 0 aliphatic rings. The molecule has 0 saturated carbocycles. The van der Waals surface area contributed by atoms with Gasteiger partial charge in [-0.05, 0) is 38.5 Å². The largest absolute Gasteiger partial charge is 0.490 e. The van der Waals surface area contributed by atoms with E-state index in [1.807, 2.05) is 6.92 Å². The van der Waals surface area contributed by atoms with Gasteiger partial charge in [0.2, 0.25) is 0 Å². The quantitative estimate of drug-likeness (QED) is 0.704. The first-order valence-corrected chi connectivity index (χ1v) is 7.65. The molecule has 0 bridgehead atoms. The van der Waals surface area contributed by atoms with Crippen LogP contribution in [0.15, 0.2) is 18.2 Å². The SMILES string of the molecule is CCCOC(C)(C)C(=O)Nc1ccc(OCCOC)c(Cl)c1. The maximum Gasteiger partial charge on any atom is 0.256 e. The van der Waals surface area contributed by atoms with E-state index in [9.17, 15) is 4.79 Å². The third kappa shape index (κ3) is 5.83. The first-order valence-electron chi connectivity index (χ1n) is 7.27. The third-order valence-corrected chi connectivity index (χ3v) is 3.24. The normalized spacial score (nSPS) is 11.3. The Balaban J connectivity index is 2.66. The Hall–Kier alpha value is -1.30. The van der Waals surface area contributed by atoms with E-state index >= 15 is 0 Å². The summed E-state index contributed by atoms with van der Waals surface area (Å²) >= 11 is 6.14. The van der Waals surface area contributed by atoms with Gasteiger partial charge in [-0.2, -0.15) is 0 Å². The Morgan fingerprint density at radius 3 is 2.59 bits per heavy atom. The number of methoxy groups -OCH3 is 1. The van der Waals surface area contributed by atoms with Crippen molar-refractivity contribution in [3.63, 3.8) is 0 Å². The number of rotatable bonds is 9. The number of hydrogen-bond donors (Lipinski definition) is 1. The molecule has 0 fully saturated rings. The highest BCUT2D eigenvalue weighted by Crippen LogP contribution is 2.28. The molecule has 6 heteroatoms. The van der Waals surface area contributed by atoms with Crippen molar-refractivity contribution in [3.8, 4) is 5.75 Å². The van der Waals surface area contributed by atoms with Crippen LogP contribution in [0.1, 0.15) is 27.2 Å². The van der Waals surface area contributed by atoms with Crippen LogP contribution in [0.3, 0.4) is 0 Å². The highest BCUT2D eigenvalue weighted by molar-refractivity contribution is 6.32.